The molecule has 3 rings (SSSR count). The van der Waals surface area contributed by atoms with E-state index >= 15 is 0 Å². The molecule has 0 radical (unpaired) electrons. The van der Waals surface area contributed by atoms with Crippen molar-refractivity contribution in [1.29, 1.82) is 0 Å². The molecule has 1 saturated carbocycles. The van der Waals surface area contributed by atoms with Gasteiger partial charge in [0.05, 0.1) is 11.8 Å². The van der Waals surface area contributed by atoms with Crippen LogP contribution in [-0.2, 0) is 0 Å². The molecule has 1 aromatic carbocycles. The van der Waals surface area contributed by atoms with Gasteiger partial charge in [0.25, 0.3) is 0 Å². The third kappa shape index (κ3) is 4.88. The number of urea groups is 1. The van der Waals surface area contributed by atoms with E-state index in [1.165, 1.54) is 12.8 Å². The summed E-state index contributed by atoms with van der Waals surface area (Å²) in [7, 11) is 4.24. The number of ether oxygens (including phenoxy) is 1. The second kappa shape index (κ2) is 8.56. The summed E-state index contributed by atoms with van der Waals surface area (Å²) < 4.78 is 6.13. The van der Waals surface area contributed by atoms with Gasteiger partial charge in [0, 0.05) is 19.1 Å². The van der Waals surface area contributed by atoms with Crippen LogP contribution in [0.15, 0.2) is 24.3 Å². The number of hydrogen-bond donors (Lipinski definition) is 1. The average molecular weight is 345 g/mol. The maximum atomic E-state index is 12.7. The van der Waals surface area contributed by atoms with Crippen LogP contribution in [0, 0.1) is 0 Å². The number of nitrogens with zero attached hydrogens (tertiary/aromatic N) is 2. The Bertz CT molecular complexity index is 570. The lowest BCUT2D eigenvalue weighted by Crippen LogP contribution is -2.36. The van der Waals surface area contributed by atoms with Crippen molar-refractivity contribution in [2.45, 2.75) is 57.1 Å². The van der Waals surface area contributed by atoms with Crippen molar-refractivity contribution in [3.8, 4) is 5.75 Å². The van der Waals surface area contributed by atoms with E-state index in [1.54, 1.807) is 0 Å². The number of anilines is 1. The molecule has 2 aliphatic rings. The number of nitrogens with one attached hydrogen (secondary N) is 1. The molecule has 5 nitrogen and oxygen atoms in total. The Kier molecular flexibility index (Phi) is 6.19. The van der Waals surface area contributed by atoms with Gasteiger partial charge in [-0.3, -0.25) is 0 Å². The largest absolute Gasteiger partial charge is 0.488 e. The van der Waals surface area contributed by atoms with E-state index in [1.807, 2.05) is 29.2 Å². The van der Waals surface area contributed by atoms with Crippen LogP contribution in [0.4, 0.5) is 10.5 Å². The molecule has 1 N–H and O–H groups in total. The van der Waals surface area contributed by atoms with Gasteiger partial charge in [0.2, 0.25) is 0 Å². The topological polar surface area (TPSA) is 44.8 Å². The third-order valence-electron chi connectivity index (χ3n) is 5.44. The molecule has 1 aromatic rings. The molecule has 1 aliphatic heterocycles. The summed E-state index contributed by atoms with van der Waals surface area (Å²) in [6.45, 7) is 1.63. The first kappa shape index (κ1) is 18.1. The predicted octanol–water partition coefficient (Wildman–Crippen LogP) is 3.96. The van der Waals surface area contributed by atoms with Crippen molar-refractivity contribution in [2.75, 3.05) is 32.5 Å². The summed E-state index contributed by atoms with van der Waals surface area (Å²) in [5.41, 5.74) is 0.785. The first-order chi connectivity index (χ1) is 12.1. The number of para-hydroxylation sites is 2. The Balaban J connectivity index is 1.60. The average Bonchev–Trinajstić information content (AvgIpc) is 2.97. The molecule has 1 atom stereocenters. The Hall–Kier alpha value is -1.75. The summed E-state index contributed by atoms with van der Waals surface area (Å²) in [5, 5.41) is 3.07. The summed E-state index contributed by atoms with van der Waals surface area (Å²) >= 11 is 0. The van der Waals surface area contributed by atoms with E-state index in [4.69, 9.17) is 4.74 Å². The van der Waals surface area contributed by atoms with Gasteiger partial charge in [-0.15, -0.1) is 0 Å². The smallest absolute Gasteiger partial charge is 0.321 e. The second-order valence-electron chi connectivity index (χ2n) is 7.49. The minimum absolute atomic E-state index is 0.0121. The standard InChI is InChI=1S/C20H31N3O2/c1-22(2)16-8-7-14-23(15-13-16)20(24)21-18-11-5-6-12-19(18)25-17-9-3-4-10-17/h5-6,11-12,16-17H,3-4,7-10,13-15H2,1-2H3,(H,21,24). The number of amides is 2. The normalized spacial score (nSPS) is 22.0. The maximum absolute atomic E-state index is 12.7. The Labute approximate surface area is 151 Å². The third-order valence-corrected chi connectivity index (χ3v) is 5.44. The Morgan fingerprint density at radius 1 is 1.08 bits per heavy atom. The molecule has 5 heteroatoms. The number of benzene rings is 1. The van der Waals surface area contributed by atoms with Gasteiger partial charge in [-0.1, -0.05) is 12.1 Å². The van der Waals surface area contributed by atoms with Crippen molar-refractivity contribution in [2.24, 2.45) is 0 Å². The number of likely N-dealkylation sites (tertiary alicyclic amines) is 1. The summed E-state index contributed by atoms with van der Waals surface area (Å²) in [5.74, 6) is 0.795. The van der Waals surface area contributed by atoms with Gasteiger partial charge in [-0.05, 0) is 71.2 Å². The molecular formula is C20H31N3O2. The molecule has 0 aromatic heterocycles. The van der Waals surface area contributed by atoms with Crippen LogP contribution >= 0.6 is 0 Å². The van der Waals surface area contributed by atoms with Crippen molar-refractivity contribution >= 4 is 11.7 Å². The number of hydrogen-bond acceptors (Lipinski definition) is 3. The van der Waals surface area contributed by atoms with Crippen LogP contribution < -0.4 is 10.1 Å². The van der Waals surface area contributed by atoms with Gasteiger partial charge in [-0.25, -0.2) is 4.79 Å². The minimum Gasteiger partial charge on any atom is -0.488 e. The number of carbonyl (C=O) groups excluding carboxylic acids is 1. The highest BCUT2D eigenvalue weighted by molar-refractivity contribution is 5.91. The zero-order valence-electron chi connectivity index (χ0n) is 15.5. The van der Waals surface area contributed by atoms with Crippen LogP contribution in [-0.4, -0.2) is 55.2 Å². The van der Waals surface area contributed by atoms with E-state index in [0.29, 0.717) is 6.04 Å². The lowest BCUT2D eigenvalue weighted by molar-refractivity contribution is 0.206. The molecule has 1 unspecified atom stereocenters. The van der Waals surface area contributed by atoms with Crippen LogP contribution in [0.25, 0.3) is 0 Å². The molecular weight excluding hydrogens is 314 g/mol. The molecule has 0 bridgehead atoms. The zero-order valence-corrected chi connectivity index (χ0v) is 15.5. The first-order valence-electron chi connectivity index (χ1n) is 9.61. The molecule has 25 heavy (non-hydrogen) atoms. The second-order valence-corrected chi connectivity index (χ2v) is 7.49. The monoisotopic (exact) mass is 345 g/mol. The van der Waals surface area contributed by atoms with Crippen LogP contribution in [0.2, 0.25) is 0 Å². The predicted molar refractivity (Wildman–Crippen MR) is 101 cm³/mol. The summed E-state index contributed by atoms with van der Waals surface area (Å²) in [6.07, 6.45) is 8.22. The lowest BCUT2D eigenvalue weighted by Gasteiger charge is -2.24. The molecule has 1 heterocycles. The lowest BCUT2D eigenvalue weighted by atomic mass is 10.1. The van der Waals surface area contributed by atoms with Crippen molar-refractivity contribution < 1.29 is 9.53 Å². The van der Waals surface area contributed by atoms with Crippen molar-refractivity contribution in [3.05, 3.63) is 24.3 Å². The van der Waals surface area contributed by atoms with Crippen LogP contribution in [0.1, 0.15) is 44.9 Å². The molecule has 138 valence electrons. The van der Waals surface area contributed by atoms with Gasteiger partial charge in [0.1, 0.15) is 5.75 Å². The Morgan fingerprint density at radius 3 is 2.60 bits per heavy atom. The highest BCUT2D eigenvalue weighted by Gasteiger charge is 2.23. The van der Waals surface area contributed by atoms with E-state index in [2.05, 4.69) is 24.3 Å². The van der Waals surface area contributed by atoms with E-state index in [0.717, 1.165) is 56.6 Å². The van der Waals surface area contributed by atoms with Crippen LogP contribution in [0.5, 0.6) is 5.75 Å². The minimum atomic E-state index is -0.0121. The molecule has 2 fully saturated rings. The molecule has 1 aliphatic carbocycles. The summed E-state index contributed by atoms with van der Waals surface area (Å²) in [6, 6.07) is 8.36. The van der Waals surface area contributed by atoms with Gasteiger partial charge >= 0.3 is 6.03 Å². The fraction of sp³-hybridized carbons (Fsp3) is 0.650. The molecule has 0 spiro atoms. The molecule has 2 amide bonds. The number of rotatable bonds is 4. The highest BCUT2D eigenvalue weighted by atomic mass is 16.5. The maximum Gasteiger partial charge on any atom is 0.321 e. The van der Waals surface area contributed by atoms with Crippen LogP contribution in [0.3, 0.4) is 0 Å². The SMILES string of the molecule is CN(C)C1CCCN(C(=O)Nc2ccccc2OC2CCCC2)CC1. The van der Waals surface area contributed by atoms with Gasteiger partial charge < -0.3 is 19.9 Å². The molecule has 1 saturated heterocycles. The van der Waals surface area contributed by atoms with E-state index in [9.17, 15) is 4.79 Å². The first-order valence-corrected chi connectivity index (χ1v) is 9.61. The zero-order chi connectivity index (χ0) is 17.6. The fourth-order valence-corrected chi connectivity index (χ4v) is 3.85. The van der Waals surface area contributed by atoms with Gasteiger partial charge in [-0.2, -0.15) is 0 Å². The van der Waals surface area contributed by atoms with E-state index in [-0.39, 0.29) is 12.1 Å². The van der Waals surface area contributed by atoms with Crippen molar-refractivity contribution in [3.63, 3.8) is 0 Å². The summed E-state index contributed by atoms with van der Waals surface area (Å²) in [4.78, 5) is 16.9. The number of carbonyl (C=O) groups is 1. The van der Waals surface area contributed by atoms with Crippen molar-refractivity contribution in [1.82, 2.24) is 9.80 Å². The fourth-order valence-electron chi connectivity index (χ4n) is 3.85. The quantitative estimate of drug-likeness (QED) is 0.898. The van der Waals surface area contributed by atoms with E-state index < -0.39 is 0 Å². The Morgan fingerprint density at radius 2 is 1.84 bits per heavy atom. The van der Waals surface area contributed by atoms with Gasteiger partial charge in [0.15, 0.2) is 0 Å². The highest BCUT2D eigenvalue weighted by Crippen LogP contribution is 2.30.